The Balaban J connectivity index is 1.73. The Morgan fingerprint density at radius 3 is 2.94 bits per heavy atom. The van der Waals surface area contributed by atoms with E-state index < -0.39 is 11.9 Å². The lowest BCUT2D eigenvalue weighted by molar-refractivity contribution is -0.139. The number of hydrogen-bond donors (Lipinski definition) is 1. The van der Waals surface area contributed by atoms with Crippen molar-refractivity contribution >= 4 is 29.1 Å². The molecule has 1 aliphatic heterocycles. The maximum Gasteiger partial charge on any atom is 0.338 e. The van der Waals surface area contributed by atoms with Crippen LogP contribution >= 0.6 is 23.1 Å². The number of hydrogen-bond acceptors (Lipinski definition) is 9. The van der Waals surface area contributed by atoms with E-state index in [1.165, 1.54) is 23.1 Å². The van der Waals surface area contributed by atoms with Gasteiger partial charge in [0.15, 0.2) is 0 Å². The van der Waals surface area contributed by atoms with Crippen molar-refractivity contribution in [2.75, 3.05) is 12.4 Å². The second-order valence-corrected chi connectivity index (χ2v) is 9.14. The van der Waals surface area contributed by atoms with Crippen molar-refractivity contribution in [2.45, 2.75) is 37.1 Å². The van der Waals surface area contributed by atoms with Crippen LogP contribution in [0.15, 0.2) is 51.4 Å². The van der Waals surface area contributed by atoms with Crippen molar-refractivity contribution in [3.63, 3.8) is 0 Å². The number of nitriles is 2. The fourth-order valence-corrected chi connectivity index (χ4v) is 5.64. The molecular formula is C23H20N4O3S2. The Labute approximate surface area is 194 Å². The number of carbonyl (C=O) groups excluding carboxylic acids is 1. The number of nitrogens with zero attached hydrogens (tertiary/aromatic N) is 3. The van der Waals surface area contributed by atoms with Gasteiger partial charge in [-0.25, -0.2) is 9.78 Å². The van der Waals surface area contributed by atoms with Crippen LogP contribution in [0.3, 0.4) is 0 Å². The SMILES string of the molecule is CCOC(=O)C1=C(CSc2nc3c(cc2C#N)CCC3)OC(N)=C(C#N)C1c1cccs1. The summed E-state index contributed by atoms with van der Waals surface area (Å²) in [7, 11) is 0. The summed E-state index contributed by atoms with van der Waals surface area (Å²) in [4.78, 5) is 18.4. The highest BCUT2D eigenvalue weighted by atomic mass is 32.2. The van der Waals surface area contributed by atoms with Gasteiger partial charge in [0.05, 0.1) is 29.4 Å². The number of allylic oxidation sites excluding steroid dienone is 1. The zero-order valence-corrected chi connectivity index (χ0v) is 19.0. The summed E-state index contributed by atoms with van der Waals surface area (Å²) in [6.07, 6.45) is 2.86. The van der Waals surface area contributed by atoms with Crippen LogP contribution in [0.1, 0.15) is 41.0 Å². The molecular weight excluding hydrogens is 444 g/mol. The number of ether oxygens (including phenoxy) is 2. The van der Waals surface area contributed by atoms with Gasteiger partial charge in [0.1, 0.15) is 28.5 Å². The molecule has 3 heterocycles. The minimum absolute atomic E-state index is 0.0306. The maximum absolute atomic E-state index is 13.0. The van der Waals surface area contributed by atoms with Crippen LogP contribution in [-0.4, -0.2) is 23.3 Å². The monoisotopic (exact) mass is 464 g/mol. The molecule has 32 heavy (non-hydrogen) atoms. The van der Waals surface area contributed by atoms with Crippen LogP contribution in [0, 0.1) is 22.7 Å². The maximum atomic E-state index is 13.0. The molecule has 2 aromatic heterocycles. The Morgan fingerprint density at radius 2 is 2.25 bits per heavy atom. The lowest BCUT2D eigenvalue weighted by Gasteiger charge is -2.27. The predicted molar refractivity (Wildman–Crippen MR) is 120 cm³/mol. The first-order valence-electron chi connectivity index (χ1n) is 10.1. The Morgan fingerprint density at radius 1 is 1.41 bits per heavy atom. The normalized spacial score (nSPS) is 17.4. The lowest BCUT2D eigenvalue weighted by Crippen LogP contribution is -2.26. The first-order chi connectivity index (χ1) is 15.6. The van der Waals surface area contributed by atoms with Crippen molar-refractivity contribution in [3.8, 4) is 12.1 Å². The number of carbonyl (C=O) groups is 1. The molecule has 0 saturated heterocycles. The number of aryl methyl sites for hydroxylation is 2. The number of esters is 1. The van der Waals surface area contributed by atoms with Crippen LogP contribution in [0.25, 0.3) is 0 Å². The van der Waals surface area contributed by atoms with E-state index in [2.05, 4.69) is 17.1 Å². The van der Waals surface area contributed by atoms with Gasteiger partial charge in [-0.3, -0.25) is 0 Å². The number of pyridine rings is 1. The lowest BCUT2D eigenvalue weighted by atomic mass is 9.87. The minimum atomic E-state index is -0.660. The van der Waals surface area contributed by atoms with E-state index >= 15 is 0 Å². The Bertz CT molecular complexity index is 1200. The standard InChI is InChI=1S/C23H20N4O3S2/c1-2-29-23(28)20-17(30-21(26)15(11-25)19(20)18-7-4-8-31-18)12-32-22-14(10-24)9-13-5-3-6-16(13)27-22/h4,7-9,19H,2-3,5-6,12,26H2,1H3. The largest absolute Gasteiger partial charge is 0.463 e. The number of aromatic nitrogens is 1. The molecule has 0 spiro atoms. The molecule has 0 radical (unpaired) electrons. The van der Waals surface area contributed by atoms with E-state index in [1.54, 1.807) is 6.92 Å². The second kappa shape index (κ2) is 9.47. The molecule has 0 saturated carbocycles. The van der Waals surface area contributed by atoms with Gasteiger partial charge in [0.2, 0.25) is 5.88 Å². The van der Waals surface area contributed by atoms with E-state index in [-0.39, 0.29) is 29.4 Å². The summed E-state index contributed by atoms with van der Waals surface area (Å²) in [5, 5.41) is 21.8. The average molecular weight is 465 g/mol. The van der Waals surface area contributed by atoms with E-state index in [1.807, 2.05) is 23.6 Å². The summed E-state index contributed by atoms with van der Waals surface area (Å²) in [5.41, 5.74) is 9.16. The number of fused-ring (bicyclic) bond motifs is 1. The molecule has 162 valence electrons. The number of thiophene rings is 1. The molecule has 7 nitrogen and oxygen atoms in total. The summed E-state index contributed by atoms with van der Waals surface area (Å²) in [6, 6.07) is 9.91. The van der Waals surface area contributed by atoms with Gasteiger partial charge in [-0.15, -0.1) is 11.3 Å². The third-order valence-corrected chi connectivity index (χ3v) is 7.22. The molecule has 9 heteroatoms. The molecule has 4 rings (SSSR count). The first kappa shape index (κ1) is 21.9. The first-order valence-corrected chi connectivity index (χ1v) is 12.0. The quantitative estimate of drug-likeness (QED) is 0.504. The van der Waals surface area contributed by atoms with Gasteiger partial charge < -0.3 is 15.2 Å². The molecule has 0 bridgehead atoms. The molecule has 1 atom stereocenters. The zero-order chi connectivity index (χ0) is 22.7. The second-order valence-electron chi connectivity index (χ2n) is 7.20. The van der Waals surface area contributed by atoms with Crippen LogP contribution < -0.4 is 5.73 Å². The summed E-state index contributed by atoms with van der Waals surface area (Å²) >= 11 is 2.74. The van der Waals surface area contributed by atoms with E-state index in [0.717, 1.165) is 35.4 Å². The van der Waals surface area contributed by atoms with Gasteiger partial charge in [0.25, 0.3) is 0 Å². The smallest absolute Gasteiger partial charge is 0.338 e. The van der Waals surface area contributed by atoms with Crippen molar-refractivity contribution < 1.29 is 14.3 Å². The van der Waals surface area contributed by atoms with E-state index in [4.69, 9.17) is 15.2 Å². The number of rotatable bonds is 6. The molecule has 2 N–H and O–H groups in total. The van der Waals surface area contributed by atoms with Crippen LogP contribution in [0.4, 0.5) is 0 Å². The fraction of sp³-hybridized carbons (Fsp3) is 0.304. The van der Waals surface area contributed by atoms with Gasteiger partial charge in [-0.2, -0.15) is 10.5 Å². The fourth-order valence-electron chi connectivity index (χ4n) is 3.87. The summed E-state index contributed by atoms with van der Waals surface area (Å²) < 4.78 is 11.1. The third kappa shape index (κ3) is 4.10. The van der Waals surface area contributed by atoms with Gasteiger partial charge in [-0.05, 0) is 49.3 Å². The van der Waals surface area contributed by atoms with Gasteiger partial charge in [0, 0.05) is 10.6 Å². The molecule has 0 amide bonds. The highest BCUT2D eigenvalue weighted by molar-refractivity contribution is 7.99. The highest BCUT2D eigenvalue weighted by Crippen LogP contribution is 2.42. The van der Waals surface area contributed by atoms with Crippen LogP contribution in [0.2, 0.25) is 0 Å². The topological polar surface area (TPSA) is 122 Å². The van der Waals surface area contributed by atoms with Crippen molar-refractivity contribution in [1.29, 1.82) is 10.5 Å². The molecule has 2 aromatic rings. The Kier molecular flexibility index (Phi) is 6.50. The molecule has 2 aliphatic rings. The van der Waals surface area contributed by atoms with Gasteiger partial charge in [-0.1, -0.05) is 17.8 Å². The zero-order valence-electron chi connectivity index (χ0n) is 17.4. The van der Waals surface area contributed by atoms with Crippen LogP contribution in [-0.2, 0) is 27.1 Å². The molecule has 0 aromatic carbocycles. The highest BCUT2D eigenvalue weighted by Gasteiger charge is 2.38. The molecule has 1 aliphatic carbocycles. The van der Waals surface area contributed by atoms with Gasteiger partial charge >= 0.3 is 5.97 Å². The molecule has 1 unspecified atom stereocenters. The van der Waals surface area contributed by atoms with Crippen LogP contribution in [0.5, 0.6) is 0 Å². The van der Waals surface area contributed by atoms with E-state index in [0.29, 0.717) is 16.3 Å². The van der Waals surface area contributed by atoms with E-state index in [9.17, 15) is 15.3 Å². The van der Waals surface area contributed by atoms with Crippen molar-refractivity contribution in [1.82, 2.24) is 4.98 Å². The Hall–Kier alpha value is -3.27. The minimum Gasteiger partial charge on any atom is -0.463 e. The summed E-state index contributed by atoms with van der Waals surface area (Å²) in [6.45, 7) is 1.91. The van der Waals surface area contributed by atoms with Crippen molar-refractivity contribution in [2.24, 2.45) is 5.73 Å². The number of nitrogens with two attached hydrogens (primary N) is 1. The summed E-state index contributed by atoms with van der Waals surface area (Å²) in [5.74, 6) is -0.710. The third-order valence-electron chi connectivity index (χ3n) is 5.30. The average Bonchev–Trinajstić information content (AvgIpc) is 3.48. The number of thioether (sulfide) groups is 1. The molecule has 0 fully saturated rings. The predicted octanol–water partition coefficient (Wildman–Crippen LogP) is 3.92. The van der Waals surface area contributed by atoms with Crippen molar-refractivity contribution in [3.05, 3.63) is 68.1 Å².